The Balaban J connectivity index is 1.42. The summed E-state index contributed by atoms with van der Waals surface area (Å²) in [6.45, 7) is 2.72. The topological polar surface area (TPSA) is 32.3 Å². The van der Waals surface area contributed by atoms with Crippen LogP contribution >= 0.6 is 15.9 Å². The molecule has 1 aliphatic heterocycles. The van der Waals surface area contributed by atoms with Crippen molar-refractivity contribution in [1.82, 2.24) is 10.2 Å². The molecule has 0 atom stereocenters. The van der Waals surface area contributed by atoms with E-state index in [0.717, 1.165) is 48.1 Å². The zero-order chi connectivity index (χ0) is 17.6. The van der Waals surface area contributed by atoms with Crippen LogP contribution in [-0.4, -0.2) is 29.9 Å². The Labute approximate surface area is 156 Å². The monoisotopic (exact) mass is 404 g/mol. The van der Waals surface area contributed by atoms with Gasteiger partial charge in [0.25, 0.3) is 0 Å². The van der Waals surface area contributed by atoms with E-state index >= 15 is 0 Å². The molecule has 0 radical (unpaired) electrons. The molecule has 1 N–H and O–H groups in total. The number of rotatable bonds is 5. The van der Waals surface area contributed by atoms with Crippen molar-refractivity contribution in [3.05, 3.63) is 69.9 Å². The Morgan fingerprint density at radius 2 is 1.84 bits per heavy atom. The van der Waals surface area contributed by atoms with Gasteiger partial charge in [0.15, 0.2) is 0 Å². The maximum Gasteiger partial charge on any atom is 0.224 e. The molecule has 2 aromatic carbocycles. The quantitative estimate of drug-likeness (QED) is 0.818. The molecule has 0 aromatic heterocycles. The Kier molecular flexibility index (Phi) is 6.21. The van der Waals surface area contributed by atoms with Gasteiger partial charge in [-0.1, -0.05) is 40.2 Å². The van der Waals surface area contributed by atoms with Gasteiger partial charge in [0.2, 0.25) is 5.91 Å². The van der Waals surface area contributed by atoms with Crippen LogP contribution in [0.25, 0.3) is 0 Å². The third kappa shape index (κ3) is 5.65. The van der Waals surface area contributed by atoms with Gasteiger partial charge in [-0.05, 0) is 48.2 Å². The minimum atomic E-state index is -0.199. The van der Waals surface area contributed by atoms with Crippen LogP contribution in [0, 0.1) is 5.82 Å². The van der Waals surface area contributed by atoms with E-state index in [1.54, 1.807) is 0 Å². The van der Waals surface area contributed by atoms with Crippen LogP contribution < -0.4 is 5.32 Å². The molecule has 0 saturated carbocycles. The number of carbonyl (C=O) groups excluding carboxylic acids is 1. The molecule has 1 heterocycles. The number of amides is 1. The lowest BCUT2D eigenvalue weighted by Gasteiger charge is -2.32. The van der Waals surface area contributed by atoms with Crippen LogP contribution in [0.1, 0.15) is 24.0 Å². The molecule has 0 unspecified atom stereocenters. The fourth-order valence-corrected chi connectivity index (χ4v) is 3.64. The summed E-state index contributed by atoms with van der Waals surface area (Å²) in [6.07, 6.45) is 2.31. The van der Waals surface area contributed by atoms with Crippen LogP contribution in [0.4, 0.5) is 4.39 Å². The van der Waals surface area contributed by atoms with Gasteiger partial charge in [-0.3, -0.25) is 9.69 Å². The van der Waals surface area contributed by atoms with Crippen molar-refractivity contribution in [2.75, 3.05) is 13.1 Å². The summed E-state index contributed by atoms with van der Waals surface area (Å²) >= 11 is 3.43. The Bertz CT molecular complexity index is 712. The van der Waals surface area contributed by atoms with Crippen molar-refractivity contribution >= 4 is 21.8 Å². The summed E-state index contributed by atoms with van der Waals surface area (Å²) in [5.41, 5.74) is 2.14. The number of benzene rings is 2. The van der Waals surface area contributed by atoms with Gasteiger partial charge in [0, 0.05) is 30.1 Å². The summed E-state index contributed by atoms with van der Waals surface area (Å²) in [5.74, 6) is -0.120. The van der Waals surface area contributed by atoms with Crippen LogP contribution in [0.2, 0.25) is 0 Å². The normalized spacial score (nSPS) is 15.9. The average Bonchev–Trinajstić information content (AvgIpc) is 2.59. The standard InChI is InChI=1S/C20H22BrFN2O/c21-17-3-1-2-16(12-17)13-20(25)23-19-8-10-24(11-9-19)14-15-4-6-18(22)7-5-15/h1-7,12,19H,8-11,13-14H2,(H,23,25). The SMILES string of the molecule is O=C(Cc1cccc(Br)c1)NC1CCN(Cc2ccc(F)cc2)CC1. The van der Waals surface area contributed by atoms with Gasteiger partial charge < -0.3 is 5.32 Å². The van der Waals surface area contributed by atoms with Crippen LogP contribution in [0.15, 0.2) is 53.0 Å². The first-order valence-corrected chi connectivity index (χ1v) is 9.38. The van der Waals surface area contributed by atoms with Gasteiger partial charge in [0.05, 0.1) is 6.42 Å². The lowest BCUT2D eigenvalue weighted by Crippen LogP contribution is -2.44. The van der Waals surface area contributed by atoms with Crippen LogP contribution in [-0.2, 0) is 17.8 Å². The maximum atomic E-state index is 13.0. The van der Waals surface area contributed by atoms with Gasteiger partial charge in [-0.15, -0.1) is 0 Å². The number of hydrogen-bond donors (Lipinski definition) is 1. The van der Waals surface area contributed by atoms with Gasteiger partial charge in [0.1, 0.15) is 5.82 Å². The fourth-order valence-electron chi connectivity index (χ4n) is 3.19. The first-order chi connectivity index (χ1) is 12.1. The zero-order valence-electron chi connectivity index (χ0n) is 14.1. The molecule has 1 saturated heterocycles. The number of nitrogens with one attached hydrogen (secondary N) is 1. The second-order valence-corrected chi connectivity index (χ2v) is 7.47. The lowest BCUT2D eigenvalue weighted by atomic mass is 10.0. The smallest absolute Gasteiger partial charge is 0.224 e. The van der Waals surface area contributed by atoms with Crippen LogP contribution in [0.5, 0.6) is 0 Å². The number of hydrogen-bond acceptors (Lipinski definition) is 2. The van der Waals surface area contributed by atoms with Gasteiger partial charge >= 0.3 is 0 Å². The molecule has 0 aliphatic carbocycles. The van der Waals surface area contributed by atoms with E-state index in [1.165, 1.54) is 12.1 Å². The maximum absolute atomic E-state index is 13.0. The van der Waals surface area contributed by atoms with E-state index in [1.807, 2.05) is 36.4 Å². The highest BCUT2D eigenvalue weighted by Crippen LogP contribution is 2.15. The zero-order valence-corrected chi connectivity index (χ0v) is 15.6. The highest BCUT2D eigenvalue weighted by molar-refractivity contribution is 9.10. The molecule has 3 nitrogen and oxygen atoms in total. The van der Waals surface area contributed by atoms with Gasteiger partial charge in [-0.25, -0.2) is 4.39 Å². The molecule has 3 rings (SSSR count). The van der Waals surface area contributed by atoms with Crippen molar-refractivity contribution < 1.29 is 9.18 Å². The molecule has 132 valence electrons. The molecule has 25 heavy (non-hydrogen) atoms. The number of halogens is 2. The van der Waals surface area contributed by atoms with Crippen molar-refractivity contribution in [2.24, 2.45) is 0 Å². The second-order valence-electron chi connectivity index (χ2n) is 6.55. The highest BCUT2D eigenvalue weighted by Gasteiger charge is 2.20. The van der Waals surface area contributed by atoms with Crippen LogP contribution in [0.3, 0.4) is 0 Å². The molecular weight excluding hydrogens is 383 g/mol. The minimum absolute atomic E-state index is 0.0788. The molecule has 1 amide bonds. The molecule has 1 aliphatic rings. The Morgan fingerprint density at radius 3 is 2.52 bits per heavy atom. The molecular formula is C20H22BrFN2O. The van der Waals surface area contributed by atoms with E-state index in [9.17, 15) is 9.18 Å². The third-order valence-corrected chi connectivity index (χ3v) is 5.02. The van der Waals surface area contributed by atoms with Gasteiger partial charge in [-0.2, -0.15) is 0 Å². The summed E-state index contributed by atoms with van der Waals surface area (Å²) in [6, 6.07) is 14.8. The molecule has 5 heteroatoms. The number of nitrogens with zero attached hydrogens (tertiary/aromatic N) is 1. The van der Waals surface area contributed by atoms with Crippen molar-refractivity contribution in [3.63, 3.8) is 0 Å². The van der Waals surface area contributed by atoms with E-state index in [2.05, 4.69) is 26.1 Å². The largest absolute Gasteiger partial charge is 0.353 e. The van der Waals surface area contributed by atoms with Crippen molar-refractivity contribution in [3.8, 4) is 0 Å². The van der Waals surface area contributed by atoms with E-state index in [-0.39, 0.29) is 17.8 Å². The molecule has 0 bridgehead atoms. The first-order valence-electron chi connectivity index (χ1n) is 8.59. The predicted octanol–water partition coefficient (Wildman–Crippen LogP) is 3.91. The third-order valence-electron chi connectivity index (χ3n) is 4.53. The van der Waals surface area contributed by atoms with Crippen molar-refractivity contribution in [2.45, 2.75) is 31.8 Å². The van der Waals surface area contributed by atoms with E-state index < -0.39 is 0 Å². The summed E-state index contributed by atoms with van der Waals surface area (Å²) in [4.78, 5) is 14.6. The molecule has 0 spiro atoms. The molecule has 2 aromatic rings. The first kappa shape index (κ1) is 18.1. The highest BCUT2D eigenvalue weighted by atomic mass is 79.9. The lowest BCUT2D eigenvalue weighted by molar-refractivity contribution is -0.121. The van der Waals surface area contributed by atoms with Crippen molar-refractivity contribution in [1.29, 1.82) is 0 Å². The summed E-state index contributed by atoms with van der Waals surface area (Å²) in [7, 11) is 0. The number of piperidine rings is 1. The Morgan fingerprint density at radius 1 is 1.12 bits per heavy atom. The minimum Gasteiger partial charge on any atom is -0.353 e. The van der Waals surface area contributed by atoms with E-state index in [0.29, 0.717) is 6.42 Å². The second kappa shape index (κ2) is 8.59. The number of likely N-dealkylation sites (tertiary alicyclic amines) is 1. The molecule has 1 fully saturated rings. The predicted molar refractivity (Wildman–Crippen MR) is 101 cm³/mol. The average molecular weight is 405 g/mol. The van der Waals surface area contributed by atoms with E-state index in [4.69, 9.17) is 0 Å². The number of carbonyl (C=O) groups is 1. The summed E-state index contributed by atoms with van der Waals surface area (Å²) < 4.78 is 14.0. The Hall–Kier alpha value is -1.72. The summed E-state index contributed by atoms with van der Waals surface area (Å²) in [5, 5.41) is 3.15. The fraction of sp³-hybridized carbons (Fsp3) is 0.350.